The van der Waals surface area contributed by atoms with Crippen LogP contribution >= 0.6 is 22.6 Å². The van der Waals surface area contributed by atoms with Crippen LogP contribution in [0.1, 0.15) is 0 Å². The molecule has 5 heteroatoms. The number of hydrogen-bond acceptors (Lipinski definition) is 4. The van der Waals surface area contributed by atoms with Gasteiger partial charge in [-0.05, 0) is 22.6 Å². The van der Waals surface area contributed by atoms with Crippen molar-refractivity contribution in [3.63, 3.8) is 0 Å². The summed E-state index contributed by atoms with van der Waals surface area (Å²) in [5, 5.41) is 9.34. The first-order chi connectivity index (χ1) is 8.12. The molecule has 1 aromatic carbocycles. The Bertz CT molecular complexity index is 392. The van der Waals surface area contributed by atoms with Gasteiger partial charge in [0.25, 0.3) is 0 Å². The quantitative estimate of drug-likeness (QED) is 0.632. The number of hydrogen-bond donors (Lipinski definition) is 1. The van der Waals surface area contributed by atoms with Gasteiger partial charge in [-0.1, -0.05) is 6.08 Å². The number of benzene rings is 1. The fourth-order valence-electron chi connectivity index (χ4n) is 1.19. The summed E-state index contributed by atoms with van der Waals surface area (Å²) >= 11 is 2.13. The summed E-state index contributed by atoms with van der Waals surface area (Å²) in [6.45, 7) is 3.64. The van der Waals surface area contributed by atoms with Crippen LogP contribution in [0.4, 0.5) is 0 Å². The third kappa shape index (κ3) is 3.78. The third-order valence-corrected chi connectivity index (χ3v) is 2.96. The predicted molar refractivity (Wildman–Crippen MR) is 74.0 cm³/mol. The highest BCUT2D eigenvalue weighted by atomic mass is 127. The SMILES string of the molecule is C=C[C@@H](O)COc1cc(OC)c(OC)cc1I. The molecule has 0 saturated carbocycles. The summed E-state index contributed by atoms with van der Waals surface area (Å²) in [5.74, 6) is 1.88. The van der Waals surface area contributed by atoms with Crippen LogP contribution in [0.3, 0.4) is 0 Å². The van der Waals surface area contributed by atoms with Crippen molar-refractivity contribution in [3.8, 4) is 17.2 Å². The zero-order chi connectivity index (χ0) is 12.8. The molecule has 0 saturated heterocycles. The molecule has 1 aromatic rings. The average molecular weight is 350 g/mol. The molecule has 1 N–H and O–H groups in total. The lowest BCUT2D eigenvalue weighted by Gasteiger charge is -2.14. The Labute approximate surface area is 114 Å². The van der Waals surface area contributed by atoms with Crippen molar-refractivity contribution in [3.05, 3.63) is 28.4 Å². The zero-order valence-corrected chi connectivity index (χ0v) is 11.9. The Kier molecular flexibility index (Phi) is 5.57. The monoisotopic (exact) mass is 350 g/mol. The highest BCUT2D eigenvalue weighted by Gasteiger charge is 2.11. The van der Waals surface area contributed by atoms with E-state index in [1.807, 2.05) is 6.07 Å². The van der Waals surface area contributed by atoms with E-state index in [0.717, 1.165) is 3.57 Å². The predicted octanol–water partition coefficient (Wildman–Crippen LogP) is 2.23. The highest BCUT2D eigenvalue weighted by Crippen LogP contribution is 2.35. The standard InChI is InChI=1S/C12H15IO4/c1-4-8(14)7-17-10-6-12(16-3)11(15-2)5-9(10)13/h4-6,8,14H,1,7H2,2-3H3/t8-/m1/s1. The van der Waals surface area contributed by atoms with E-state index in [0.29, 0.717) is 17.2 Å². The zero-order valence-electron chi connectivity index (χ0n) is 9.77. The summed E-state index contributed by atoms with van der Waals surface area (Å²) in [4.78, 5) is 0. The minimum atomic E-state index is -0.682. The van der Waals surface area contributed by atoms with Crippen LogP contribution in [-0.2, 0) is 0 Å². The van der Waals surface area contributed by atoms with E-state index in [1.165, 1.54) is 6.08 Å². The second kappa shape index (κ2) is 6.70. The first-order valence-electron chi connectivity index (χ1n) is 4.97. The molecule has 0 spiro atoms. The van der Waals surface area contributed by atoms with Crippen molar-refractivity contribution in [1.29, 1.82) is 0 Å². The maximum Gasteiger partial charge on any atom is 0.164 e. The Morgan fingerprint density at radius 1 is 1.29 bits per heavy atom. The Balaban J connectivity index is 2.88. The summed E-state index contributed by atoms with van der Waals surface area (Å²) in [6.07, 6.45) is 0.743. The number of aliphatic hydroxyl groups excluding tert-OH is 1. The topological polar surface area (TPSA) is 47.9 Å². The lowest BCUT2D eigenvalue weighted by molar-refractivity contribution is 0.144. The second-order valence-corrected chi connectivity index (χ2v) is 4.41. The van der Waals surface area contributed by atoms with E-state index in [2.05, 4.69) is 29.2 Å². The van der Waals surface area contributed by atoms with Gasteiger partial charge in [-0.2, -0.15) is 0 Å². The van der Waals surface area contributed by atoms with E-state index in [-0.39, 0.29) is 6.61 Å². The van der Waals surface area contributed by atoms with Gasteiger partial charge < -0.3 is 19.3 Å². The van der Waals surface area contributed by atoms with Crippen LogP contribution < -0.4 is 14.2 Å². The van der Waals surface area contributed by atoms with Gasteiger partial charge in [0.15, 0.2) is 11.5 Å². The molecular weight excluding hydrogens is 335 g/mol. The van der Waals surface area contributed by atoms with Gasteiger partial charge in [-0.15, -0.1) is 6.58 Å². The molecule has 0 aromatic heterocycles. The highest BCUT2D eigenvalue weighted by molar-refractivity contribution is 14.1. The van der Waals surface area contributed by atoms with Gasteiger partial charge in [0.2, 0.25) is 0 Å². The summed E-state index contributed by atoms with van der Waals surface area (Å²) in [6, 6.07) is 3.55. The normalized spacial score (nSPS) is 11.8. The van der Waals surface area contributed by atoms with Crippen molar-refractivity contribution in [2.75, 3.05) is 20.8 Å². The van der Waals surface area contributed by atoms with E-state index < -0.39 is 6.10 Å². The fraction of sp³-hybridized carbons (Fsp3) is 0.333. The molecule has 0 fully saturated rings. The lowest BCUT2D eigenvalue weighted by atomic mass is 10.3. The van der Waals surface area contributed by atoms with Crippen molar-refractivity contribution in [2.24, 2.45) is 0 Å². The molecule has 17 heavy (non-hydrogen) atoms. The molecule has 0 heterocycles. The van der Waals surface area contributed by atoms with Crippen molar-refractivity contribution in [2.45, 2.75) is 6.10 Å². The molecule has 1 rings (SSSR count). The first kappa shape index (κ1) is 14.1. The maximum atomic E-state index is 9.34. The molecule has 94 valence electrons. The van der Waals surface area contributed by atoms with E-state index in [9.17, 15) is 5.11 Å². The number of rotatable bonds is 6. The number of aliphatic hydroxyl groups is 1. The molecule has 0 bridgehead atoms. The van der Waals surface area contributed by atoms with Gasteiger partial charge in [-0.3, -0.25) is 0 Å². The van der Waals surface area contributed by atoms with E-state index in [4.69, 9.17) is 14.2 Å². The summed E-state index contributed by atoms with van der Waals surface area (Å²) in [5.41, 5.74) is 0. The number of halogens is 1. The van der Waals surface area contributed by atoms with E-state index in [1.54, 1.807) is 20.3 Å². The van der Waals surface area contributed by atoms with Crippen LogP contribution in [0.2, 0.25) is 0 Å². The van der Waals surface area contributed by atoms with Crippen LogP contribution in [0.5, 0.6) is 17.2 Å². The third-order valence-electron chi connectivity index (χ3n) is 2.12. The van der Waals surface area contributed by atoms with Gasteiger partial charge in [-0.25, -0.2) is 0 Å². The number of methoxy groups -OCH3 is 2. The smallest absolute Gasteiger partial charge is 0.164 e. The van der Waals surface area contributed by atoms with Crippen LogP contribution in [0.15, 0.2) is 24.8 Å². The molecule has 0 aliphatic carbocycles. The van der Waals surface area contributed by atoms with Crippen LogP contribution in [0.25, 0.3) is 0 Å². The summed E-state index contributed by atoms with van der Waals surface area (Å²) < 4.78 is 16.7. The Hall–Kier alpha value is -0.950. The van der Waals surface area contributed by atoms with Crippen molar-refractivity contribution in [1.82, 2.24) is 0 Å². The van der Waals surface area contributed by atoms with Crippen LogP contribution in [-0.4, -0.2) is 32.0 Å². The Morgan fingerprint density at radius 2 is 1.88 bits per heavy atom. The molecule has 0 unspecified atom stereocenters. The molecule has 1 atom stereocenters. The second-order valence-electron chi connectivity index (χ2n) is 3.25. The number of ether oxygens (including phenoxy) is 3. The Morgan fingerprint density at radius 3 is 2.41 bits per heavy atom. The molecule has 4 nitrogen and oxygen atoms in total. The molecule has 0 aliphatic rings. The van der Waals surface area contributed by atoms with Gasteiger partial charge in [0, 0.05) is 12.1 Å². The average Bonchev–Trinajstić information content (AvgIpc) is 2.36. The van der Waals surface area contributed by atoms with Gasteiger partial charge >= 0.3 is 0 Å². The fourth-order valence-corrected chi connectivity index (χ4v) is 1.78. The largest absolute Gasteiger partial charge is 0.493 e. The summed E-state index contributed by atoms with van der Waals surface area (Å²) in [7, 11) is 3.14. The first-order valence-corrected chi connectivity index (χ1v) is 6.05. The van der Waals surface area contributed by atoms with Crippen LogP contribution in [0, 0.1) is 3.57 Å². The molecular formula is C12H15IO4. The van der Waals surface area contributed by atoms with Crippen molar-refractivity contribution < 1.29 is 19.3 Å². The molecule has 0 radical (unpaired) electrons. The minimum Gasteiger partial charge on any atom is -0.493 e. The minimum absolute atomic E-state index is 0.162. The molecule has 0 aliphatic heterocycles. The van der Waals surface area contributed by atoms with Gasteiger partial charge in [0.1, 0.15) is 18.5 Å². The van der Waals surface area contributed by atoms with Crippen molar-refractivity contribution >= 4 is 22.6 Å². The molecule has 0 amide bonds. The van der Waals surface area contributed by atoms with Gasteiger partial charge in [0.05, 0.1) is 17.8 Å². The maximum absolute atomic E-state index is 9.34. The lowest BCUT2D eigenvalue weighted by Crippen LogP contribution is -2.14. The van der Waals surface area contributed by atoms with E-state index >= 15 is 0 Å².